The van der Waals surface area contributed by atoms with Crippen LogP contribution in [0.3, 0.4) is 0 Å². The second-order valence-corrected chi connectivity index (χ2v) is 2.53. The third kappa shape index (κ3) is 0.747. The molecule has 1 unspecified atom stereocenters. The van der Waals surface area contributed by atoms with Crippen LogP contribution in [0, 0.1) is 5.92 Å². The van der Waals surface area contributed by atoms with E-state index >= 15 is 0 Å². The number of cyclic esters (lactones) is 2. The summed E-state index contributed by atoms with van der Waals surface area (Å²) in [7, 11) is 0. The molecule has 0 spiro atoms. The van der Waals surface area contributed by atoms with Gasteiger partial charge in [0.15, 0.2) is 11.7 Å². The molecule has 1 heterocycles. The molecule has 4 heteroatoms. The van der Waals surface area contributed by atoms with Crippen molar-refractivity contribution >= 4 is 17.7 Å². The highest BCUT2D eigenvalue weighted by atomic mass is 16.6. The molecule has 12 heavy (non-hydrogen) atoms. The average Bonchev–Trinajstić information content (AvgIpc) is 2.29. The highest BCUT2D eigenvalue weighted by Crippen LogP contribution is 2.26. The second kappa shape index (κ2) is 2.14. The third-order valence-electron chi connectivity index (χ3n) is 1.80. The first kappa shape index (κ1) is 6.97. The zero-order chi connectivity index (χ0) is 8.72. The fraction of sp³-hybridized carbons (Fsp3) is 0.125. The summed E-state index contributed by atoms with van der Waals surface area (Å²) in [4.78, 5) is 32.8. The quantitative estimate of drug-likeness (QED) is 0.366. The Balaban J connectivity index is 2.51. The normalized spacial score (nSPS) is 26.8. The van der Waals surface area contributed by atoms with Gasteiger partial charge in [-0.05, 0) is 6.08 Å². The number of carbonyl (C=O) groups excluding carboxylic acids is 3. The summed E-state index contributed by atoms with van der Waals surface area (Å²) < 4.78 is 4.27. The maximum atomic E-state index is 11.1. The maximum absolute atomic E-state index is 11.1. The van der Waals surface area contributed by atoms with Gasteiger partial charge < -0.3 is 4.74 Å². The number of esters is 2. The summed E-state index contributed by atoms with van der Waals surface area (Å²) in [5.41, 5.74) is 0.146. The van der Waals surface area contributed by atoms with Gasteiger partial charge in [0, 0.05) is 0 Å². The molecule has 0 saturated carbocycles. The van der Waals surface area contributed by atoms with Crippen LogP contribution in [0.1, 0.15) is 0 Å². The Morgan fingerprint density at radius 2 is 2.00 bits per heavy atom. The first-order valence-corrected chi connectivity index (χ1v) is 3.38. The Labute approximate surface area is 67.5 Å². The van der Waals surface area contributed by atoms with Crippen molar-refractivity contribution in [3.05, 3.63) is 23.8 Å². The summed E-state index contributed by atoms with van der Waals surface area (Å²) in [6.07, 6.45) is 4.13. The summed E-state index contributed by atoms with van der Waals surface area (Å²) in [6.45, 7) is 0. The van der Waals surface area contributed by atoms with Gasteiger partial charge >= 0.3 is 11.9 Å². The van der Waals surface area contributed by atoms with Gasteiger partial charge in [0.25, 0.3) is 0 Å². The number of carbonyl (C=O) groups is 3. The van der Waals surface area contributed by atoms with Crippen LogP contribution in [0.15, 0.2) is 23.8 Å². The summed E-state index contributed by atoms with van der Waals surface area (Å²) in [6, 6.07) is 0. The Morgan fingerprint density at radius 3 is 2.67 bits per heavy atom. The molecule has 1 aliphatic carbocycles. The molecule has 0 amide bonds. The lowest BCUT2D eigenvalue weighted by molar-refractivity contribution is -0.152. The van der Waals surface area contributed by atoms with Gasteiger partial charge in [0.05, 0.1) is 5.57 Å². The molecule has 2 aliphatic rings. The van der Waals surface area contributed by atoms with Gasteiger partial charge in [-0.25, -0.2) is 4.79 Å². The van der Waals surface area contributed by atoms with Gasteiger partial charge in [-0.1, -0.05) is 12.2 Å². The molecule has 0 N–H and O–H groups in total. The highest BCUT2D eigenvalue weighted by Gasteiger charge is 2.43. The molecule has 1 aliphatic heterocycles. The van der Waals surface area contributed by atoms with E-state index < -0.39 is 17.9 Å². The lowest BCUT2D eigenvalue weighted by Gasteiger charge is -2.03. The molecule has 0 aromatic rings. The lowest BCUT2D eigenvalue weighted by atomic mass is 9.93. The van der Waals surface area contributed by atoms with E-state index in [0.29, 0.717) is 0 Å². The minimum absolute atomic E-state index is 0.146. The monoisotopic (exact) mass is 164 g/mol. The predicted molar refractivity (Wildman–Crippen MR) is 36.8 cm³/mol. The number of hydrogen-bond acceptors (Lipinski definition) is 4. The Morgan fingerprint density at radius 1 is 1.25 bits per heavy atom. The van der Waals surface area contributed by atoms with Crippen LogP contribution >= 0.6 is 0 Å². The Bertz CT molecular complexity index is 346. The molecule has 1 fully saturated rings. The largest absolute Gasteiger partial charge is 0.389 e. The van der Waals surface area contributed by atoms with Crippen molar-refractivity contribution in [1.82, 2.24) is 0 Å². The van der Waals surface area contributed by atoms with E-state index in [1.807, 2.05) is 0 Å². The number of allylic oxidation sites excluding steroid dienone is 3. The number of rotatable bonds is 0. The second-order valence-electron chi connectivity index (χ2n) is 2.53. The number of hydrogen-bond donors (Lipinski definition) is 0. The van der Waals surface area contributed by atoms with Crippen LogP contribution < -0.4 is 0 Å². The number of ether oxygens (including phenoxy) is 1. The maximum Gasteiger partial charge on any atom is 0.343 e. The number of fused-ring (bicyclic) bond motifs is 1. The average molecular weight is 164 g/mol. The molecular weight excluding hydrogens is 160 g/mol. The van der Waals surface area contributed by atoms with Crippen LogP contribution in [-0.4, -0.2) is 17.7 Å². The van der Waals surface area contributed by atoms with Crippen molar-refractivity contribution in [3.8, 4) is 0 Å². The molecule has 60 valence electrons. The third-order valence-corrected chi connectivity index (χ3v) is 1.80. The fourth-order valence-corrected chi connectivity index (χ4v) is 1.23. The van der Waals surface area contributed by atoms with Crippen molar-refractivity contribution in [1.29, 1.82) is 0 Å². The van der Waals surface area contributed by atoms with Crippen molar-refractivity contribution in [2.75, 3.05) is 0 Å². The molecule has 0 radical (unpaired) electrons. The Hall–Kier alpha value is -1.71. The Kier molecular flexibility index (Phi) is 1.24. The van der Waals surface area contributed by atoms with Crippen LogP contribution in [0.25, 0.3) is 0 Å². The van der Waals surface area contributed by atoms with Gasteiger partial charge in [-0.2, -0.15) is 0 Å². The van der Waals surface area contributed by atoms with Crippen molar-refractivity contribution in [3.63, 3.8) is 0 Å². The molecule has 0 bridgehead atoms. The molecule has 0 aromatic carbocycles. The first-order valence-electron chi connectivity index (χ1n) is 3.38. The molecule has 1 atom stereocenters. The van der Waals surface area contributed by atoms with Crippen molar-refractivity contribution in [2.24, 2.45) is 5.92 Å². The minimum Gasteiger partial charge on any atom is -0.389 e. The highest BCUT2D eigenvalue weighted by molar-refractivity contribution is 6.21. The first-order chi connectivity index (χ1) is 5.70. The van der Waals surface area contributed by atoms with E-state index in [4.69, 9.17) is 0 Å². The molecular formula is C8H4O4. The molecule has 1 saturated heterocycles. The number of ketones is 1. The van der Waals surface area contributed by atoms with E-state index in [9.17, 15) is 14.4 Å². The molecule has 4 nitrogen and oxygen atoms in total. The van der Waals surface area contributed by atoms with Crippen LogP contribution in [0.4, 0.5) is 0 Å². The smallest absolute Gasteiger partial charge is 0.343 e. The lowest BCUT2D eigenvalue weighted by Crippen LogP contribution is -2.20. The predicted octanol–water partition coefficient (Wildman–Crippen LogP) is -0.249. The molecule has 2 rings (SSSR count). The van der Waals surface area contributed by atoms with E-state index in [0.717, 1.165) is 0 Å². The fourth-order valence-electron chi connectivity index (χ4n) is 1.23. The zero-order valence-electron chi connectivity index (χ0n) is 5.94. The van der Waals surface area contributed by atoms with Gasteiger partial charge in [0.2, 0.25) is 0 Å². The van der Waals surface area contributed by atoms with Crippen molar-refractivity contribution < 1.29 is 19.1 Å². The van der Waals surface area contributed by atoms with E-state index in [1.54, 1.807) is 0 Å². The minimum atomic E-state index is -0.998. The van der Waals surface area contributed by atoms with E-state index in [-0.39, 0.29) is 11.4 Å². The van der Waals surface area contributed by atoms with Crippen LogP contribution in [0.5, 0.6) is 0 Å². The van der Waals surface area contributed by atoms with Crippen LogP contribution in [-0.2, 0) is 19.1 Å². The zero-order valence-corrected chi connectivity index (χ0v) is 5.94. The van der Waals surface area contributed by atoms with Crippen molar-refractivity contribution in [2.45, 2.75) is 0 Å². The topological polar surface area (TPSA) is 60.4 Å². The summed E-state index contributed by atoms with van der Waals surface area (Å²) in [5, 5.41) is 0. The SMILES string of the molecule is O=C1OC(=O)C2C(=O)C=CC=C12. The van der Waals surface area contributed by atoms with E-state index in [2.05, 4.69) is 4.74 Å². The van der Waals surface area contributed by atoms with E-state index in [1.165, 1.54) is 18.2 Å². The molecule has 0 aromatic heterocycles. The summed E-state index contributed by atoms with van der Waals surface area (Å²) in [5.74, 6) is -2.85. The van der Waals surface area contributed by atoms with Gasteiger partial charge in [-0.3, -0.25) is 9.59 Å². The standard InChI is InChI=1S/C8H4O4/c9-5-3-1-2-4-6(5)8(11)12-7(4)10/h1-3,6H. The van der Waals surface area contributed by atoms with Crippen LogP contribution in [0.2, 0.25) is 0 Å². The summed E-state index contributed by atoms with van der Waals surface area (Å²) >= 11 is 0. The van der Waals surface area contributed by atoms with Gasteiger partial charge in [-0.15, -0.1) is 0 Å². The van der Waals surface area contributed by atoms with Gasteiger partial charge in [0.1, 0.15) is 0 Å².